The van der Waals surface area contributed by atoms with E-state index in [1.165, 1.54) is 24.0 Å². The lowest BCUT2D eigenvalue weighted by Gasteiger charge is -2.24. The first-order valence-electron chi connectivity index (χ1n) is 10.8. The van der Waals surface area contributed by atoms with Crippen molar-refractivity contribution in [2.45, 2.75) is 58.6 Å². The van der Waals surface area contributed by atoms with Gasteiger partial charge in [-0.2, -0.15) is 0 Å². The number of nitrogens with one attached hydrogen (secondary N) is 1. The van der Waals surface area contributed by atoms with E-state index in [1.807, 2.05) is 20.8 Å². The monoisotopic (exact) mass is 444 g/mol. The number of hydrogen-bond acceptors (Lipinski definition) is 4. The van der Waals surface area contributed by atoms with Crippen molar-refractivity contribution < 1.29 is 17.9 Å². The fourth-order valence-corrected chi connectivity index (χ4v) is 4.76. The number of amides is 1. The maximum absolute atomic E-state index is 12.8. The fourth-order valence-electron chi connectivity index (χ4n) is 3.91. The summed E-state index contributed by atoms with van der Waals surface area (Å²) >= 11 is 0. The summed E-state index contributed by atoms with van der Waals surface area (Å²) in [6.45, 7) is 5.43. The number of benzene rings is 2. The molecular formula is C24H32N2O4S. The molecule has 0 saturated heterocycles. The molecule has 0 spiro atoms. The summed E-state index contributed by atoms with van der Waals surface area (Å²) in [4.78, 5) is 12.8. The molecule has 0 unspecified atom stereocenters. The van der Waals surface area contributed by atoms with E-state index < -0.39 is 10.0 Å². The Bertz CT molecular complexity index is 1030. The summed E-state index contributed by atoms with van der Waals surface area (Å²) in [5.74, 6) is 0.204. The molecule has 0 radical (unpaired) electrons. The minimum Gasteiger partial charge on any atom is -0.491 e. The van der Waals surface area contributed by atoms with Crippen LogP contribution >= 0.6 is 0 Å². The highest BCUT2D eigenvalue weighted by molar-refractivity contribution is 7.92. The smallest absolute Gasteiger partial charge is 0.241 e. The Hall–Kier alpha value is -2.54. The van der Waals surface area contributed by atoms with Crippen LogP contribution in [0.2, 0.25) is 0 Å². The molecule has 2 aromatic carbocycles. The average molecular weight is 445 g/mol. The van der Waals surface area contributed by atoms with Crippen molar-refractivity contribution in [3.63, 3.8) is 0 Å². The fraction of sp³-hybridized carbons (Fsp3) is 0.458. The Morgan fingerprint density at radius 3 is 2.45 bits per heavy atom. The maximum atomic E-state index is 12.8. The van der Waals surface area contributed by atoms with Gasteiger partial charge in [0.1, 0.15) is 12.3 Å². The minimum absolute atomic E-state index is 0.0392. The zero-order chi connectivity index (χ0) is 22.6. The number of hydrogen-bond donors (Lipinski definition) is 1. The Balaban J connectivity index is 1.73. The van der Waals surface area contributed by atoms with Gasteiger partial charge in [-0.3, -0.25) is 9.10 Å². The minimum atomic E-state index is -3.65. The van der Waals surface area contributed by atoms with Crippen molar-refractivity contribution in [2.75, 3.05) is 17.1 Å². The molecule has 168 valence electrons. The summed E-state index contributed by atoms with van der Waals surface area (Å²) in [7, 11) is -3.65. The van der Waals surface area contributed by atoms with Crippen LogP contribution in [-0.2, 0) is 27.7 Å². The van der Waals surface area contributed by atoms with Crippen molar-refractivity contribution in [2.24, 2.45) is 0 Å². The van der Waals surface area contributed by atoms with Gasteiger partial charge in [-0.15, -0.1) is 0 Å². The molecule has 1 aliphatic rings. The number of aryl methyl sites for hydroxylation is 2. The number of fused-ring (bicyclic) bond motifs is 1. The molecule has 31 heavy (non-hydrogen) atoms. The normalized spacial score (nSPS) is 14.6. The predicted octanol–water partition coefficient (Wildman–Crippen LogP) is 4.00. The first-order chi connectivity index (χ1) is 14.6. The maximum Gasteiger partial charge on any atom is 0.241 e. The zero-order valence-electron chi connectivity index (χ0n) is 18.7. The highest BCUT2D eigenvalue weighted by atomic mass is 32.2. The molecule has 1 amide bonds. The number of nitrogens with zero attached hydrogens (tertiary/aromatic N) is 1. The molecule has 1 atom stereocenters. The van der Waals surface area contributed by atoms with Gasteiger partial charge >= 0.3 is 0 Å². The summed E-state index contributed by atoms with van der Waals surface area (Å²) < 4.78 is 31.6. The molecule has 0 aromatic heterocycles. The molecule has 0 fully saturated rings. The van der Waals surface area contributed by atoms with Crippen molar-refractivity contribution in [3.05, 3.63) is 59.2 Å². The molecule has 2 aromatic rings. The van der Waals surface area contributed by atoms with Gasteiger partial charge in [-0.25, -0.2) is 8.42 Å². The number of rotatable bonds is 8. The Morgan fingerprint density at radius 1 is 1.06 bits per heavy atom. The van der Waals surface area contributed by atoms with Gasteiger partial charge in [0.2, 0.25) is 15.9 Å². The molecule has 6 nitrogen and oxygen atoms in total. The molecule has 1 aliphatic carbocycles. The second-order valence-electron chi connectivity index (χ2n) is 8.46. The average Bonchev–Trinajstić information content (AvgIpc) is 2.70. The summed E-state index contributed by atoms with van der Waals surface area (Å²) in [6, 6.07) is 12.9. The third-order valence-electron chi connectivity index (χ3n) is 5.41. The van der Waals surface area contributed by atoms with Crippen LogP contribution in [0.4, 0.5) is 5.69 Å². The standard InChI is InChI=1S/C24H32N2O4S/c1-17(2)30-23-11-7-10-22(15-23)26(31(4,28)29)16-24(27)25-18(3)20-13-12-19-8-5-6-9-21(19)14-20/h7,10-15,17-18H,5-6,8-9,16H2,1-4H3,(H,25,27)/t18-/m1/s1. The van der Waals surface area contributed by atoms with Gasteiger partial charge in [0.05, 0.1) is 24.1 Å². The second kappa shape index (κ2) is 9.73. The SMILES string of the molecule is CC(C)Oc1cccc(N(CC(=O)N[C@H](C)c2ccc3c(c2)CCCC3)S(C)(=O)=O)c1. The number of sulfonamides is 1. The van der Waals surface area contributed by atoms with Crippen LogP contribution in [-0.4, -0.2) is 33.2 Å². The molecular weight excluding hydrogens is 412 g/mol. The molecule has 0 saturated carbocycles. The summed E-state index contributed by atoms with van der Waals surface area (Å²) in [5, 5.41) is 2.95. The van der Waals surface area contributed by atoms with Crippen molar-refractivity contribution in [1.82, 2.24) is 5.32 Å². The Morgan fingerprint density at radius 2 is 1.77 bits per heavy atom. The van der Waals surface area contributed by atoms with Crippen LogP contribution in [0.25, 0.3) is 0 Å². The quantitative estimate of drug-likeness (QED) is 0.668. The first kappa shape index (κ1) is 23.1. The summed E-state index contributed by atoms with van der Waals surface area (Å²) in [5.41, 5.74) is 4.18. The highest BCUT2D eigenvalue weighted by Gasteiger charge is 2.23. The predicted molar refractivity (Wildman–Crippen MR) is 124 cm³/mol. The molecule has 3 rings (SSSR count). The van der Waals surface area contributed by atoms with Crippen LogP contribution in [0.5, 0.6) is 5.75 Å². The van der Waals surface area contributed by atoms with E-state index in [2.05, 4.69) is 23.5 Å². The Kier molecular flexibility index (Phi) is 7.26. The lowest BCUT2D eigenvalue weighted by atomic mass is 9.89. The van der Waals surface area contributed by atoms with Crippen molar-refractivity contribution in [1.29, 1.82) is 0 Å². The highest BCUT2D eigenvalue weighted by Crippen LogP contribution is 2.26. The van der Waals surface area contributed by atoms with E-state index in [1.54, 1.807) is 24.3 Å². The van der Waals surface area contributed by atoms with Crippen LogP contribution in [0, 0.1) is 0 Å². The van der Waals surface area contributed by atoms with Crippen LogP contribution in [0.3, 0.4) is 0 Å². The third kappa shape index (κ3) is 6.23. The first-order valence-corrected chi connectivity index (χ1v) is 12.6. The van der Waals surface area contributed by atoms with Crippen LogP contribution < -0.4 is 14.4 Å². The van der Waals surface area contributed by atoms with Crippen molar-refractivity contribution in [3.8, 4) is 5.75 Å². The van der Waals surface area contributed by atoms with Gasteiger partial charge in [0.15, 0.2) is 0 Å². The molecule has 0 heterocycles. The lowest BCUT2D eigenvalue weighted by Crippen LogP contribution is -2.41. The van der Waals surface area contributed by atoms with Crippen LogP contribution in [0.1, 0.15) is 56.3 Å². The van der Waals surface area contributed by atoms with Gasteiger partial charge in [0, 0.05) is 6.07 Å². The third-order valence-corrected chi connectivity index (χ3v) is 6.56. The van der Waals surface area contributed by atoms with E-state index in [0.717, 1.165) is 29.0 Å². The van der Waals surface area contributed by atoms with Gasteiger partial charge in [0.25, 0.3) is 0 Å². The van der Waals surface area contributed by atoms with Gasteiger partial charge in [-0.05, 0) is 75.3 Å². The number of anilines is 1. The molecule has 0 bridgehead atoms. The number of ether oxygens (including phenoxy) is 1. The number of carbonyl (C=O) groups is 1. The second-order valence-corrected chi connectivity index (χ2v) is 10.4. The molecule has 7 heteroatoms. The largest absolute Gasteiger partial charge is 0.491 e. The Labute approximate surface area is 185 Å². The van der Waals surface area contributed by atoms with Gasteiger partial charge in [-0.1, -0.05) is 24.3 Å². The number of carbonyl (C=O) groups excluding carboxylic acids is 1. The van der Waals surface area contributed by atoms with E-state index >= 15 is 0 Å². The topological polar surface area (TPSA) is 75.7 Å². The zero-order valence-corrected chi connectivity index (χ0v) is 19.5. The van der Waals surface area contributed by atoms with E-state index in [-0.39, 0.29) is 24.6 Å². The van der Waals surface area contributed by atoms with E-state index in [4.69, 9.17) is 4.74 Å². The van der Waals surface area contributed by atoms with E-state index in [0.29, 0.717) is 11.4 Å². The van der Waals surface area contributed by atoms with Gasteiger partial charge < -0.3 is 10.1 Å². The van der Waals surface area contributed by atoms with Crippen LogP contribution in [0.15, 0.2) is 42.5 Å². The molecule has 0 aliphatic heterocycles. The lowest BCUT2D eigenvalue weighted by molar-refractivity contribution is -0.120. The van der Waals surface area contributed by atoms with Crippen molar-refractivity contribution >= 4 is 21.6 Å². The van der Waals surface area contributed by atoms with E-state index in [9.17, 15) is 13.2 Å². The molecule has 1 N–H and O–H groups in total. The summed E-state index contributed by atoms with van der Waals surface area (Å²) in [6.07, 6.45) is 5.66.